The lowest BCUT2D eigenvalue weighted by Gasteiger charge is -2.20. The van der Waals surface area contributed by atoms with Crippen LogP contribution in [0.2, 0.25) is 0 Å². The van der Waals surface area contributed by atoms with Crippen molar-refractivity contribution in [3.8, 4) is 0 Å². The van der Waals surface area contributed by atoms with Gasteiger partial charge < -0.3 is 10.1 Å². The number of ether oxygens (including phenoxy) is 1. The van der Waals surface area contributed by atoms with Crippen molar-refractivity contribution in [1.82, 2.24) is 5.32 Å². The van der Waals surface area contributed by atoms with Gasteiger partial charge in [-0.25, -0.2) is 4.39 Å². The van der Waals surface area contributed by atoms with Crippen LogP contribution in [0.4, 0.5) is 4.39 Å². The Morgan fingerprint density at radius 2 is 2.44 bits per heavy atom. The molecule has 0 spiro atoms. The Morgan fingerprint density at radius 1 is 1.67 bits per heavy atom. The summed E-state index contributed by atoms with van der Waals surface area (Å²) < 4.78 is 16.7. The highest BCUT2D eigenvalue weighted by atomic mass is 35.5. The molecule has 9 heavy (non-hydrogen) atoms. The second kappa shape index (κ2) is 4.97. The van der Waals surface area contributed by atoms with Gasteiger partial charge in [0.15, 0.2) is 0 Å². The maximum Gasteiger partial charge on any atom is 0.107 e. The summed E-state index contributed by atoms with van der Waals surface area (Å²) in [5.74, 6) is 0. The Balaban J connectivity index is 0.000000640. The third-order valence-corrected chi connectivity index (χ3v) is 1.18. The molecule has 1 saturated heterocycles. The quantitative estimate of drug-likeness (QED) is 0.591. The normalized spacial score (nSPS) is 27.0. The van der Waals surface area contributed by atoms with E-state index in [1.165, 1.54) is 0 Å². The first-order valence-corrected chi connectivity index (χ1v) is 2.80. The lowest BCUT2D eigenvalue weighted by atomic mass is 10.3. The number of morpholine rings is 1. The molecule has 0 bridgehead atoms. The van der Waals surface area contributed by atoms with E-state index in [4.69, 9.17) is 4.74 Å². The molecule has 1 aliphatic heterocycles. The van der Waals surface area contributed by atoms with Crippen molar-refractivity contribution >= 4 is 12.4 Å². The number of hydrogen-bond acceptors (Lipinski definition) is 2. The predicted octanol–water partition coefficient (Wildman–Crippen LogP) is 0.366. The number of halogens is 2. The van der Waals surface area contributed by atoms with Gasteiger partial charge in [-0.3, -0.25) is 0 Å². The SMILES string of the molecule is Cl.FCC1COCCN1. The fourth-order valence-electron chi connectivity index (χ4n) is 0.719. The van der Waals surface area contributed by atoms with E-state index in [-0.39, 0.29) is 25.1 Å². The molecule has 0 aromatic carbocycles. The number of hydrogen-bond donors (Lipinski definition) is 1. The average Bonchev–Trinajstić information content (AvgIpc) is 1.90. The molecule has 1 heterocycles. The molecule has 4 heteroatoms. The molecule has 0 amide bonds. The summed E-state index contributed by atoms with van der Waals surface area (Å²) in [6, 6.07) is -0.0521. The van der Waals surface area contributed by atoms with Crippen LogP contribution in [0.1, 0.15) is 0 Å². The minimum absolute atomic E-state index is 0. The van der Waals surface area contributed by atoms with Crippen molar-refractivity contribution in [2.75, 3.05) is 26.4 Å². The standard InChI is InChI=1S/C5H10FNO.ClH/c6-3-5-4-8-2-1-7-5;/h5,7H,1-4H2;1H. The molecule has 1 unspecified atom stereocenters. The first-order chi connectivity index (χ1) is 3.93. The molecule has 1 rings (SSSR count). The van der Waals surface area contributed by atoms with Crippen molar-refractivity contribution in [3.05, 3.63) is 0 Å². The zero-order valence-electron chi connectivity index (χ0n) is 5.10. The van der Waals surface area contributed by atoms with E-state index in [0.29, 0.717) is 6.61 Å². The molecule has 1 fully saturated rings. The maximum absolute atomic E-state index is 11.7. The molecule has 0 aromatic rings. The van der Waals surface area contributed by atoms with Gasteiger partial charge in [-0.05, 0) is 0 Å². The van der Waals surface area contributed by atoms with Crippen LogP contribution < -0.4 is 5.32 Å². The molecule has 0 aliphatic carbocycles. The lowest BCUT2D eigenvalue weighted by molar-refractivity contribution is 0.0684. The van der Waals surface area contributed by atoms with Crippen molar-refractivity contribution in [2.24, 2.45) is 0 Å². The van der Waals surface area contributed by atoms with Crippen molar-refractivity contribution in [1.29, 1.82) is 0 Å². The van der Waals surface area contributed by atoms with E-state index >= 15 is 0 Å². The Bertz CT molecular complexity index is 68.0. The van der Waals surface area contributed by atoms with Gasteiger partial charge in [-0.15, -0.1) is 12.4 Å². The average molecular weight is 156 g/mol. The molecule has 0 aromatic heterocycles. The fourth-order valence-corrected chi connectivity index (χ4v) is 0.719. The maximum atomic E-state index is 11.7. The highest BCUT2D eigenvalue weighted by Gasteiger charge is 2.10. The second-order valence-electron chi connectivity index (χ2n) is 1.88. The lowest BCUT2D eigenvalue weighted by Crippen LogP contribution is -2.42. The van der Waals surface area contributed by atoms with Gasteiger partial charge >= 0.3 is 0 Å². The summed E-state index contributed by atoms with van der Waals surface area (Å²) in [5.41, 5.74) is 0. The number of nitrogens with one attached hydrogen (secondary N) is 1. The van der Waals surface area contributed by atoms with Crippen LogP contribution >= 0.6 is 12.4 Å². The molecule has 0 saturated carbocycles. The molecule has 0 radical (unpaired) electrons. The smallest absolute Gasteiger partial charge is 0.107 e. The Kier molecular flexibility index (Phi) is 5.04. The summed E-state index contributed by atoms with van der Waals surface area (Å²) in [5, 5.41) is 2.97. The largest absolute Gasteiger partial charge is 0.378 e. The van der Waals surface area contributed by atoms with Crippen molar-refractivity contribution < 1.29 is 9.13 Å². The van der Waals surface area contributed by atoms with Crippen LogP contribution in [0.15, 0.2) is 0 Å². The summed E-state index contributed by atoms with van der Waals surface area (Å²) >= 11 is 0. The van der Waals surface area contributed by atoms with E-state index in [9.17, 15) is 4.39 Å². The van der Waals surface area contributed by atoms with Gasteiger partial charge in [-0.1, -0.05) is 0 Å². The second-order valence-corrected chi connectivity index (χ2v) is 1.88. The predicted molar refractivity (Wildman–Crippen MR) is 35.8 cm³/mol. The van der Waals surface area contributed by atoms with Gasteiger partial charge in [0.1, 0.15) is 6.67 Å². The van der Waals surface area contributed by atoms with E-state index in [1.807, 2.05) is 0 Å². The van der Waals surface area contributed by atoms with Gasteiger partial charge in [0.2, 0.25) is 0 Å². The van der Waals surface area contributed by atoms with Crippen molar-refractivity contribution in [3.63, 3.8) is 0 Å². The van der Waals surface area contributed by atoms with Crippen LogP contribution in [-0.2, 0) is 4.74 Å². The summed E-state index contributed by atoms with van der Waals surface area (Å²) in [6.45, 7) is 1.71. The molecule has 2 nitrogen and oxygen atoms in total. The Hall–Kier alpha value is 0.140. The number of rotatable bonds is 1. The minimum Gasteiger partial charge on any atom is -0.378 e. The van der Waals surface area contributed by atoms with Crippen LogP contribution in [0.5, 0.6) is 0 Å². The summed E-state index contributed by atoms with van der Waals surface area (Å²) in [7, 11) is 0. The van der Waals surface area contributed by atoms with Crippen LogP contribution in [-0.4, -0.2) is 32.5 Å². The minimum atomic E-state index is -0.319. The monoisotopic (exact) mass is 155 g/mol. The van der Waals surface area contributed by atoms with Gasteiger partial charge in [0, 0.05) is 6.54 Å². The van der Waals surface area contributed by atoms with Crippen molar-refractivity contribution in [2.45, 2.75) is 6.04 Å². The van der Waals surface area contributed by atoms with Crippen LogP contribution in [0.25, 0.3) is 0 Å². The topological polar surface area (TPSA) is 21.3 Å². The molecule has 1 atom stereocenters. The first-order valence-electron chi connectivity index (χ1n) is 2.80. The van der Waals surface area contributed by atoms with E-state index in [2.05, 4.69) is 5.32 Å². The Labute approximate surface area is 60.2 Å². The zero-order valence-corrected chi connectivity index (χ0v) is 5.92. The molecule has 1 N–H and O–H groups in total. The Morgan fingerprint density at radius 3 is 2.78 bits per heavy atom. The van der Waals surface area contributed by atoms with Gasteiger partial charge in [0.05, 0.1) is 19.3 Å². The van der Waals surface area contributed by atoms with Gasteiger partial charge in [-0.2, -0.15) is 0 Å². The van der Waals surface area contributed by atoms with E-state index in [0.717, 1.165) is 13.2 Å². The molecule has 56 valence electrons. The summed E-state index contributed by atoms with van der Waals surface area (Å²) in [6.07, 6.45) is 0. The highest BCUT2D eigenvalue weighted by Crippen LogP contribution is 1.91. The van der Waals surface area contributed by atoms with Crippen LogP contribution in [0, 0.1) is 0 Å². The van der Waals surface area contributed by atoms with Crippen LogP contribution in [0.3, 0.4) is 0 Å². The van der Waals surface area contributed by atoms with Gasteiger partial charge in [0.25, 0.3) is 0 Å². The van der Waals surface area contributed by atoms with E-state index < -0.39 is 0 Å². The van der Waals surface area contributed by atoms with E-state index in [1.54, 1.807) is 0 Å². The summed E-state index contributed by atoms with van der Waals surface area (Å²) in [4.78, 5) is 0. The molecular formula is C5H11ClFNO. The first kappa shape index (κ1) is 9.14. The highest BCUT2D eigenvalue weighted by molar-refractivity contribution is 5.85. The third kappa shape index (κ3) is 2.98. The molecule has 1 aliphatic rings. The zero-order chi connectivity index (χ0) is 5.82. The third-order valence-electron chi connectivity index (χ3n) is 1.18. The number of alkyl halides is 1. The molecular weight excluding hydrogens is 145 g/mol. The fraction of sp³-hybridized carbons (Fsp3) is 1.00.